The van der Waals surface area contributed by atoms with Gasteiger partial charge in [-0.3, -0.25) is 9.59 Å². The minimum atomic E-state index is -1.47. The molecule has 0 spiro atoms. The van der Waals surface area contributed by atoms with Crippen LogP contribution in [0.5, 0.6) is 0 Å². The van der Waals surface area contributed by atoms with E-state index in [1.54, 1.807) is 13.8 Å². The molecule has 0 aliphatic rings. The molecule has 0 aliphatic heterocycles. The van der Waals surface area contributed by atoms with E-state index in [-0.39, 0.29) is 19.6 Å². The Kier molecular flexibility index (Phi) is 6.33. The van der Waals surface area contributed by atoms with Crippen molar-refractivity contribution < 1.29 is 23.5 Å². The summed E-state index contributed by atoms with van der Waals surface area (Å²) in [4.78, 5) is 24.3. The first-order chi connectivity index (χ1) is 9.85. The van der Waals surface area contributed by atoms with Gasteiger partial charge in [-0.1, -0.05) is 22.0 Å². The van der Waals surface area contributed by atoms with E-state index >= 15 is 0 Å². The van der Waals surface area contributed by atoms with Gasteiger partial charge in [0.15, 0.2) is 5.41 Å². The topological polar surface area (TPSA) is 52.6 Å². The molecule has 0 heterocycles. The maximum absolute atomic E-state index is 13.1. The molecule has 21 heavy (non-hydrogen) atoms. The molecule has 0 aliphatic carbocycles. The van der Waals surface area contributed by atoms with E-state index in [0.29, 0.717) is 10.0 Å². The molecule has 0 N–H and O–H groups in total. The Balaban J connectivity index is 3.12. The predicted octanol–water partition coefficient (Wildman–Crippen LogP) is 3.26. The second-order valence-electron chi connectivity index (χ2n) is 4.69. The highest BCUT2D eigenvalue weighted by Gasteiger charge is 2.44. The lowest BCUT2D eigenvalue weighted by atomic mass is 9.83. The normalized spacial score (nSPS) is 11.1. The Morgan fingerprint density at radius 2 is 1.71 bits per heavy atom. The molecular formula is C15H18BrFO4. The maximum atomic E-state index is 13.1. The second kappa shape index (κ2) is 7.54. The third-order valence-corrected chi connectivity index (χ3v) is 3.75. The van der Waals surface area contributed by atoms with Crippen molar-refractivity contribution in [1.29, 1.82) is 0 Å². The van der Waals surface area contributed by atoms with E-state index in [4.69, 9.17) is 9.47 Å². The zero-order chi connectivity index (χ0) is 16.0. The molecular weight excluding hydrogens is 343 g/mol. The SMILES string of the molecule is CCOC(=O)C(C)(Cc1ccc(F)cc1Br)C(=O)OCC. The molecule has 0 fully saturated rings. The number of benzene rings is 1. The third-order valence-electron chi connectivity index (χ3n) is 3.01. The number of hydrogen-bond donors (Lipinski definition) is 0. The number of rotatable bonds is 6. The third kappa shape index (κ3) is 4.27. The maximum Gasteiger partial charge on any atom is 0.323 e. The zero-order valence-electron chi connectivity index (χ0n) is 12.2. The first-order valence-electron chi connectivity index (χ1n) is 6.63. The molecule has 4 nitrogen and oxygen atoms in total. The zero-order valence-corrected chi connectivity index (χ0v) is 13.8. The molecule has 0 atom stereocenters. The number of hydrogen-bond acceptors (Lipinski definition) is 4. The largest absolute Gasteiger partial charge is 0.465 e. The summed E-state index contributed by atoms with van der Waals surface area (Å²) in [5, 5.41) is 0. The van der Waals surface area contributed by atoms with E-state index < -0.39 is 23.2 Å². The number of carbonyl (C=O) groups is 2. The number of carbonyl (C=O) groups excluding carboxylic acids is 2. The predicted molar refractivity (Wildman–Crippen MR) is 79.2 cm³/mol. The van der Waals surface area contributed by atoms with Gasteiger partial charge in [-0.2, -0.15) is 0 Å². The van der Waals surface area contributed by atoms with Gasteiger partial charge in [0, 0.05) is 10.9 Å². The Hall–Kier alpha value is -1.43. The Bertz CT molecular complexity index is 512. The van der Waals surface area contributed by atoms with Crippen LogP contribution in [0.4, 0.5) is 4.39 Å². The summed E-state index contributed by atoms with van der Waals surface area (Å²) in [6.45, 7) is 5.13. The highest BCUT2D eigenvalue weighted by atomic mass is 79.9. The van der Waals surface area contributed by atoms with Gasteiger partial charge in [-0.25, -0.2) is 4.39 Å². The summed E-state index contributed by atoms with van der Waals surface area (Å²) in [7, 11) is 0. The summed E-state index contributed by atoms with van der Waals surface area (Å²) >= 11 is 3.23. The highest BCUT2D eigenvalue weighted by molar-refractivity contribution is 9.10. The Morgan fingerprint density at radius 1 is 1.19 bits per heavy atom. The molecule has 6 heteroatoms. The van der Waals surface area contributed by atoms with Crippen molar-refractivity contribution in [1.82, 2.24) is 0 Å². The van der Waals surface area contributed by atoms with Crippen molar-refractivity contribution in [3.63, 3.8) is 0 Å². The van der Waals surface area contributed by atoms with Gasteiger partial charge in [0.05, 0.1) is 13.2 Å². The first kappa shape index (κ1) is 17.6. The van der Waals surface area contributed by atoms with Gasteiger partial charge in [-0.05, 0) is 38.5 Å². The van der Waals surface area contributed by atoms with Crippen molar-refractivity contribution in [2.45, 2.75) is 27.2 Å². The molecule has 0 amide bonds. The van der Waals surface area contributed by atoms with Crippen molar-refractivity contribution in [2.75, 3.05) is 13.2 Å². The highest BCUT2D eigenvalue weighted by Crippen LogP contribution is 2.30. The van der Waals surface area contributed by atoms with Crippen LogP contribution in [0.3, 0.4) is 0 Å². The standard InChI is InChI=1S/C15H18BrFO4/c1-4-20-13(18)15(3,14(19)21-5-2)9-10-6-7-11(17)8-12(10)16/h6-8H,4-5,9H2,1-3H3. The van der Waals surface area contributed by atoms with Gasteiger partial charge < -0.3 is 9.47 Å². The van der Waals surface area contributed by atoms with Crippen molar-refractivity contribution in [3.05, 3.63) is 34.1 Å². The fourth-order valence-electron chi connectivity index (χ4n) is 1.85. The van der Waals surface area contributed by atoms with Crippen LogP contribution in [0.15, 0.2) is 22.7 Å². The van der Waals surface area contributed by atoms with Crippen LogP contribution in [-0.2, 0) is 25.5 Å². The number of ether oxygens (including phenoxy) is 2. The molecule has 0 unspecified atom stereocenters. The Morgan fingerprint density at radius 3 is 2.14 bits per heavy atom. The molecule has 1 aromatic rings. The minimum Gasteiger partial charge on any atom is -0.465 e. The fraction of sp³-hybridized carbons (Fsp3) is 0.467. The van der Waals surface area contributed by atoms with Crippen LogP contribution in [0, 0.1) is 11.2 Å². The van der Waals surface area contributed by atoms with Crippen molar-refractivity contribution >= 4 is 27.9 Å². The summed E-state index contributed by atoms with van der Waals surface area (Å²) in [6.07, 6.45) is 0.0610. The van der Waals surface area contributed by atoms with Gasteiger partial charge in [-0.15, -0.1) is 0 Å². The van der Waals surface area contributed by atoms with Gasteiger partial charge in [0.2, 0.25) is 0 Å². The van der Waals surface area contributed by atoms with Crippen LogP contribution < -0.4 is 0 Å². The summed E-state index contributed by atoms with van der Waals surface area (Å²) in [6, 6.07) is 4.08. The molecule has 0 saturated heterocycles. The smallest absolute Gasteiger partial charge is 0.323 e. The number of esters is 2. The minimum absolute atomic E-state index is 0.0610. The van der Waals surface area contributed by atoms with Crippen LogP contribution in [0.25, 0.3) is 0 Å². The second-order valence-corrected chi connectivity index (χ2v) is 5.54. The molecule has 116 valence electrons. The summed E-state index contributed by atoms with van der Waals surface area (Å²) < 4.78 is 23.6. The first-order valence-corrected chi connectivity index (χ1v) is 7.42. The molecule has 0 radical (unpaired) electrons. The van der Waals surface area contributed by atoms with Crippen molar-refractivity contribution in [3.8, 4) is 0 Å². The lowest BCUT2D eigenvalue weighted by Gasteiger charge is -2.25. The average molecular weight is 361 g/mol. The van der Waals surface area contributed by atoms with Crippen LogP contribution >= 0.6 is 15.9 Å². The van der Waals surface area contributed by atoms with E-state index in [1.807, 2.05) is 0 Å². The molecule has 0 saturated carbocycles. The van der Waals surface area contributed by atoms with Crippen LogP contribution in [0.2, 0.25) is 0 Å². The molecule has 0 bridgehead atoms. The molecule has 1 rings (SSSR count). The Labute approximate surface area is 131 Å². The molecule has 1 aromatic carbocycles. The van der Waals surface area contributed by atoms with Crippen LogP contribution in [0.1, 0.15) is 26.3 Å². The van der Waals surface area contributed by atoms with Gasteiger partial charge >= 0.3 is 11.9 Å². The average Bonchev–Trinajstić information content (AvgIpc) is 2.42. The van der Waals surface area contributed by atoms with E-state index in [1.165, 1.54) is 25.1 Å². The number of halogens is 2. The summed E-state index contributed by atoms with van der Waals surface area (Å²) in [5.74, 6) is -1.71. The lowest BCUT2D eigenvalue weighted by molar-refractivity contribution is -0.170. The quantitative estimate of drug-likeness (QED) is 0.577. The lowest BCUT2D eigenvalue weighted by Crippen LogP contribution is -2.41. The fourth-order valence-corrected chi connectivity index (χ4v) is 2.35. The van der Waals surface area contributed by atoms with Gasteiger partial charge in [0.25, 0.3) is 0 Å². The van der Waals surface area contributed by atoms with Crippen LogP contribution in [-0.4, -0.2) is 25.2 Å². The van der Waals surface area contributed by atoms with E-state index in [0.717, 1.165) is 0 Å². The van der Waals surface area contributed by atoms with Gasteiger partial charge in [0.1, 0.15) is 5.82 Å². The molecule has 0 aromatic heterocycles. The summed E-state index contributed by atoms with van der Waals surface area (Å²) in [5.41, 5.74) is -0.841. The monoisotopic (exact) mass is 360 g/mol. The van der Waals surface area contributed by atoms with E-state index in [9.17, 15) is 14.0 Å². The van der Waals surface area contributed by atoms with Crippen molar-refractivity contribution in [2.24, 2.45) is 5.41 Å². The van der Waals surface area contributed by atoms with E-state index in [2.05, 4.69) is 15.9 Å².